The van der Waals surface area contributed by atoms with E-state index in [9.17, 15) is 17.4 Å². The number of hydrogen-bond acceptors (Lipinski definition) is 6. The van der Waals surface area contributed by atoms with Crippen LogP contribution in [-0.2, 0) is 15.9 Å². The molecule has 24 heavy (non-hydrogen) atoms. The first-order chi connectivity index (χ1) is 11.3. The lowest BCUT2D eigenvalue weighted by Gasteiger charge is -2.04. The second-order valence-corrected chi connectivity index (χ2v) is 7.08. The van der Waals surface area contributed by atoms with Crippen molar-refractivity contribution < 1.29 is 26.3 Å². The minimum absolute atomic E-state index is 0.205. The van der Waals surface area contributed by atoms with Crippen molar-refractivity contribution in [3.8, 4) is 11.4 Å². The molecule has 0 aliphatic rings. The van der Waals surface area contributed by atoms with Gasteiger partial charge in [-0.3, -0.25) is 0 Å². The van der Waals surface area contributed by atoms with E-state index in [-0.39, 0.29) is 5.82 Å². The lowest BCUT2D eigenvalue weighted by Crippen LogP contribution is -2.04. The number of rotatable bonds is 3. The molecule has 0 amide bonds. The van der Waals surface area contributed by atoms with Crippen LogP contribution in [0.2, 0.25) is 0 Å². The Bertz CT molecular complexity index is 953. The highest BCUT2D eigenvalue weighted by Crippen LogP contribution is 2.29. The van der Waals surface area contributed by atoms with Crippen LogP contribution in [0.5, 0.6) is 0 Å². The Labute approximate surface area is 134 Å². The fourth-order valence-electron chi connectivity index (χ4n) is 1.88. The second kappa shape index (κ2) is 5.78. The number of furan rings is 1. The molecule has 6 nitrogen and oxygen atoms in total. The van der Waals surface area contributed by atoms with Gasteiger partial charge in [0.25, 0.3) is 0 Å². The molecule has 1 atom stereocenters. The first kappa shape index (κ1) is 16.2. The van der Waals surface area contributed by atoms with Crippen LogP contribution in [0.15, 0.2) is 61.1 Å². The van der Waals surface area contributed by atoms with Crippen molar-refractivity contribution in [3.05, 3.63) is 48.7 Å². The normalized spacial score (nSPS) is 14.3. The third-order valence-corrected chi connectivity index (χ3v) is 4.71. The van der Waals surface area contributed by atoms with Crippen molar-refractivity contribution >= 4 is 15.4 Å². The first-order valence-electron chi connectivity index (χ1n) is 6.51. The van der Waals surface area contributed by atoms with E-state index in [0.29, 0.717) is 16.1 Å². The van der Waals surface area contributed by atoms with Crippen LogP contribution >= 0.6 is 0 Å². The SMILES string of the molecule is CS(=O)(=Nc1ccoc1)c1ccc(-c2noc(C(F)(F)F)n2)cc1. The summed E-state index contributed by atoms with van der Waals surface area (Å²) in [5, 5.41) is 3.29. The number of alkyl halides is 3. The number of benzene rings is 1. The summed E-state index contributed by atoms with van der Waals surface area (Å²) in [7, 11) is -2.73. The smallest absolute Gasteiger partial charge is 0.470 e. The van der Waals surface area contributed by atoms with E-state index in [1.807, 2.05) is 0 Å². The van der Waals surface area contributed by atoms with Crippen molar-refractivity contribution in [1.82, 2.24) is 10.1 Å². The highest BCUT2D eigenvalue weighted by molar-refractivity contribution is 7.93. The lowest BCUT2D eigenvalue weighted by molar-refractivity contribution is -0.159. The molecule has 126 valence electrons. The summed E-state index contributed by atoms with van der Waals surface area (Å²) >= 11 is 0. The molecule has 0 saturated heterocycles. The zero-order valence-electron chi connectivity index (χ0n) is 12.1. The van der Waals surface area contributed by atoms with Gasteiger partial charge in [0.05, 0.1) is 16.0 Å². The van der Waals surface area contributed by atoms with Gasteiger partial charge in [-0.15, -0.1) is 0 Å². The van der Waals surface area contributed by atoms with Gasteiger partial charge in [0.1, 0.15) is 12.0 Å². The fourth-order valence-corrected chi connectivity index (χ4v) is 3.13. The van der Waals surface area contributed by atoms with Crippen LogP contribution in [0.1, 0.15) is 5.89 Å². The summed E-state index contributed by atoms with van der Waals surface area (Å²) in [5.74, 6) is -1.63. The standard InChI is InChI=1S/C14H10F3N3O3S/c1-24(21,20-10-6-7-22-8-10)11-4-2-9(3-5-11)12-18-13(23-19-12)14(15,16)17/h2-8H,1H3. The topological polar surface area (TPSA) is 81.5 Å². The monoisotopic (exact) mass is 357 g/mol. The Balaban J connectivity index is 1.91. The summed E-state index contributed by atoms with van der Waals surface area (Å²) < 4.78 is 63.2. The van der Waals surface area contributed by atoms with Gasteiger partial charge in [0.2, 0.25) is 5.82 Å². The predicted octanol–water partition coefficient (Wildman–Crippen LogP) is 4.14. The Morgan fingerprint density at radius 2 is 1.88 bits per heavy atom. The van der Waals surface area contributed by atoms with Crippen molar-refractivity contribution in [2.45, 2.75) is 11.1 Å². The Kier molecular flexibility index (Phi) is 3.91. The molecule has 2 aromatic heterocycles. The van der Waals surface area contributed by atoms with E-state index in [1.54, 1.807) is 6.07 Å². The second-order valence-electron chi connectivity index (χ2n) is 4.82. The zero-order chi connectivity index (χ0) is 17.4. The van der Waals surface area contributed by atoms with E-state index in [0.717, 1.165) is 0 Å². The van der Waals surface area contributed by atoms with Crippen LogP contribution in [0, 0.1) is 0 Å². The molecule has 3 aromatic rings. The highest BCUT2D eigenvalue weighted by atomic mass is 32.2. The van der Waals surface area contributed by atoms with Crippen LogP contribution in [-0.4, -0.2) is 20.6 Å². The van der Waals surface area contributed by atoms with Crippen molar-refractivity contribution in [2.75, 3.05) is 6.26 Å². The minimum atomic E-state index is -4.70. The maximum Gasteiger partial charge on any atom is 0.471 e. The molecule has 3 rings (SSSR count). The van der Waals surface area contributed by atoms with Crippen LogP contribution in [0.4, 0.5) is 18.9 Å². The van der Waals surface area contributed by atoms with Crippen molar-refractivity contribution in [3.63, 3.8) is 0 Å². The maximum absolute atomic E-state index is 12.6. The number of hydrogen-bond donors (Lipinski definition) is 0. The Morgan fingerprint density at radius 3 is 2.42 bits per heavy atom. The van der Waals surface area contributed by atoms with Crippen molar-refractivity contribution in [2.24, 2.45) is 4.36 Å². The third-order valence-electron chi connectivity index (χ3n) is 3.00. The van der Waals surface area contributed by atoms with Gasteiger partial charge >= 0.3 is 12.1 Å². The molecule has 0 radical (unpaired) electrons. The minimum Gasteiger partial charge on any atom is -0.470 e. The molecule has 1 unspecified atom stereocenters. The molecular formula is C14H10F3N3O3S. The molecule has 0 saturated carbocycles. The van der Waals surface area contributed by atoms with Gasteiger partial charge in [0.15, 0.2) is 0 Å². The van der Waals surface area contributed by atoms with E-state index in [1.165, 1.54) is 43.0 Å². The van der Waals surface area contributed by atoms with Crippen LogP contribution < -0.4 is 0 Å². The molecule has 10 heteroatoms. The van der Waals surface area contributed by atoms with Gasteiger partial charge < -0.3 is 8.94 Å². The predicted molar refractivity (Wildman–Crippen MR) is 77.9 cm³/mol. The molecule has 0 fully saturated rings. The fraction of sp³-hybridized carbons (Fsp3) is 0.143. The maximum atomic E-state index is 12.6. The zero-order valence-corrected chi connectivity index (χ0v) is 13.0. The van der Waals surface area contributed by atoms with E-state index in [2.05, 4.69) is 19.0 Å². The summed E-state index contributed by atoms with van der Waals surface area (Å²) in [6.07, 6.45) is -0.487. The average Bonchev–Trinajstić information content (AvgIpc) is 3.17. The molecule has 0 aliphatic carbocycles. The van der Waals surface area contributed by atoms with Gasteiger partial charge in [-0.25, -0.2) is 4.21 Å². The van der Waals surface area contributed by atoms with Crippen LogP contribution in [0.3, 0.4) is 0 Å². The van der Waals surface area contributed by atoms with Crippen molar-refractivity contribution in [1.29, 1.82) is 0 Å². The third kappa shape index (κ3) is 3.32. The molecule has 0 bridgehead atoms. The molecule has 0 spiro atoms. The molecular weight excluding hydrogens is 347 g/mol. The molecule has 1 aromatic carbocycles. The number of aromatic nitrogens is 2. The average molecular weight is 357 g/mol. The largest absolute Gasteiger partial charge is 0.471 e. The quantitative estimate of drug-likeness (QED) is 0.704. The van der Waals surface area contributed by atoms with Gasteiger partial charge in [-0.1, -0.05) is 5.16 Å². The summed E-state index contributed by atoms with van der Waals surface area (Å²) in [6.45, 7) is 0. The van der Waals surface area contributed by atoms with Gasteiger partial charge in [-0.2, -0.15) is 22.5 Å². The molecule has 0 aliphatic heterocycles. The Hall–Kier alpha value is -2.62. The summed E-state index contributed by atoms with van der Waals surface area (Å²) in [5.41, 5.74) is 0.732. The molecule has 0 N–H and O–H groups in total. The Morgan fingerprint density at radius 1 is 1.17 bits per heavy atom. The van der Waals surface area contributed by atoms with Gasteiger partial charge in [-0.05, 0) is 24.3 Å². The van der Waals surface area contributed by atoms with E-state index < -0.39 is 21.8 Å². The van der Waals surface area contributed by atoms with E-state index >= 15 is 0 Å². The van der Waals surface area contributed by atoms with Gasteiger partial charge in [0, 0.05) is 22.8 Å². The summed E-state index contributed by atoms with van der Waals surface area (Å²) in [6, 6.07) is 7.45. The number of halogens is 3. The highest BCUT2D eigenvalue weighted by Gasteiger charge is 2.38. The lowest BCUT2D eigenvalue weighted by atomic mass is 10.2. The van der Waals surface area contributed by atoms with E-state index in [4.69, 9.17) is 4.42 Å². The van der Waals surface area contributed by atoms with Crippen LogP contribution in [0.25, 0.3) is 11.4 Å². The first-order valence-corrected chi connectivity index (χ1v) is 8.44. The number of nitrogens with zero attached hydrogens (tertiary/aromatic N) is 3. The molecule has 2 heterocycles. The summed E-state index contributed by atoms with van der Waals surface area (Å²) in [4.78, 5) is 3.70.